The third-order valence-electron chi connectivity index (χ3n) is 5.93. The highest BCUT2D eigenvalue weighted by Crippen LogP contribution is 2.25. The van der Waals surface area contributed by atoms with Gasteiger partial charge in [0.05, 0.1) is 11.9 Å². The second-order valence-electron chi connectivity index (χ2n) is 8.71. The number of hydrogen-bond donors (Lipinski definition) is 1. The minimum atomic E-state index is -3.75. The lowest BCUT2D eigenvalue weighted by Crippen LogP contribution is -2.52. The number of nitrogens with one attached hydrogen (secondary N) is 1. The molecule has 0 aliphatic carbocycles. The molecule has 1 N–H and O–H groups in total. The molecule has 0 unspecified atom stereocenters. The lowest BCUT2D eigenvalue weighted by atomic mass is 10.1. The summed E-state index contributed by atoms with van der Waals surface area (Å²) in [5, 5.41) is 2.88. The van der Waals surface area contributed by atoms with Gasteiger partial charge < -0.3 is 10.2 Å². The first kappa shape index (κ1) is 27.4. The molecular formula is C26H37N3O4S. The molecular weight excluding hydrogens is 450 g/mol. The number of hydrogen-bond acceptors (Lipinski definition) is 4. The van der Waals surface area contributed by atoms with Crippen molar-refractivity contribution >= 4 is 27.5 Å². The van der Waals surface area contributed by atoms with Crippen molar-refractivity contribution in [2.24, 2.45) is 0 Å². The van der Waals surface area contributed by atoms with Gasteiger partial charge in [-0.2, -0.15) is 0 Å². The van der Waals surface area contributed by atoms with Crippen LogP contribution in [0.25, 0.3) is 0 Å². The standard InChI is InChI=1S/C26H37N3O4S/c1-7-16-27-26(31)23(8-2)28(17-22-14-12-19(3)13-15-22)25(30)18-29(34(6,32)33)24-11-9-10-20(4)21(24)5/h9-15,23H,7-8,16-18H2,1-6H3,(H,27,31)/t23-/m1/s1. The smallest absolute Gasteiger partial charge is 0.244 e. The van der Waals surface area contributed by atoms with Crippen molar-refractivity contribution < 1.29 is 18.0 Å². The fourth-order valence-corrected chi connectivity index (χ4v) is 4.68. The van der Waals surface area contributed by atoms with E-state index in [9.17, 15) is 18.0 Å². The Morgan fingerprint density at radius 1 is 1.00 bits per heavy atom. The fraction of sp³-hybridized carbons (Fsp3) is 0.462. The number of sulfonamides is 1. The fourth-order valence-electron chi connectivity index (χ4n) is 3.78. The van der Waals surface area contributed by atoms with Crippen LogP contribution in [0.5, 0.6) is 0 Å². The summed E-state index contributed by atoms with van der Waals surface area (Å²) in [6.07, 6.45) is 2.29. The summed E-state index contributed by atoms with van der Waals surface area (Å²) in [7, 11) is -3.75. The van der Waals surface area contributed by atoms with Crippen molar-refractivity contribution in [3.05, 3.63) is 64.7 Å². The third-order valence-corrected chi connectivity index (χ3v) is 7.06. The van der Waals surface area contributed by atoms with Crippen molar-refractivity contribution in [3.63, 3.8) is 0 Å². The molecule has 2 rings (SSSR count). The van der Waals surface area contributed by atoms with E-state index < -0.39 is 22.0 Å². The molecule has 2 aromatic carbocycles. The van der Waals surface area contributed by atoms with Gasteiger partial charge in [0.15, 0.2) is 0 Å². The number of benzene rings is 2. The lowest BCUT2D eigenvalue weighted by Gasteiger charge is -2.33. The zero-order chi connectivity index (χ0) is 25.5. The summed E-state index contributed by atoms with van der Waals surface area (Å²) in [5.41, 5.74) is 4.15. The molecule has 0 spiro atoms. The zero-order valence-corrected chi connectivity index (χ0v) is 21.9. The van der Waals surface area contributed by atoms with Crippen molar-refractivity contribution in [1.82, 2.24) is 10.2 Å². The Bertz CT molecular complexity index is 1100. The summed E-state index contributed by atoms with van der Waals surface area (Å²) >= 11 is 0. The summed E-state index contributed by atoms with van der Waals surface area (Å²) in [5.74, 6) is -0.659. The maximum absolute atomic E-state index is 13.7. The van der Waals surface area contributed by atoms with Crippen LogP contribution < -0.4 is 9.62 Å². The van der Waals surface area contributed by atoms with Crippen molar-refractivity contribution in [2.75, 3.05) is 23.7 Å². The Kier molecular flexibility index (Phi) is 9.67. The molecule has 7 nitrogen and oxygen atoms in total. The van der Waals surface area contributed by atoms with E-state index in [2.05, 4.69) is 5.32 Å². The minimum absolute atomic E-state index is 0.210. The van der Waals surface area contributed by atoms with Crippen molar-refractivity contribution in [3.8, 4) is 0 Å². The van der Waals surface area contributed by atoms with Crippen LogP contribution in [-0.2, 0) is 26.2 Å². The first-order valence-corrected chi connectivity index (χ1v) is 13.5. The molecule has 34 heavy (non-hydrogen) atoms. The normalized spacial score (nSPS) is 12.2. The monoisotopic (exact) mass is 487 g/mol. The van der Waals surface area contributed by atoms with Gasteiger partial charge in [-0.25, -0.2) is 8.42 Å². The second-order valence-corrected chi connectivity index (χ2v) is 10.6. The van der Waals surface area contributed by atoms with E-state index in [-0.39, 0.29) is 19.0 Å². The molecule has 2 aromatic rings. The van der Waals surface area contributed by atoms with E-state index in [0.717, 1.165) is 39.2 Å². The highest BCUT2D eigenvalue weighted by Gasteiger charge is 2.32. The number of rotatable bonds is 11. The minimum Gasteiger partial charge on any atom is -0.354 e. The van der Waals surface area contributed by atoms with Gasteiger partial charge in [0.1, 0.15) is 12.6 Å². The summed E-state index contributed by atoms with van der Waals surface area (Å²) in [4.78, 5) is 28.1. The van der Waals surface area contributed by atoms with Crippen molar-refractivity contribution in [1.29, 1.82) is 0 Å². The number of nitrogens with zero attached hydrogens (tertiary/aromatic N) is 2. The quantitative estimate of drug-likeness (QED) is 0.523. The Morgan fingerprint density at radius 2 is 1.65 bits per heavy atom. The van der Waals surface area contributed by atoms with Crippen LogP contribution in [0.15, 0.2) is 42.5 Å². The molecule has 8 heteroatoms. The maximum Gasteiger partial charge on any atom is 0.244 e. The van der Waals surface area contributed by atoms with Crippen LogP contribution in [0.1, 0.15) is 48.9 Å². The number of aryl methyl sites for hydroxylation is 2. The van der Waals surface area contributed by atoms with Crippen molar-refractivity contribution in [2.45, 2.75) is 60.0 Å². The van der Waals surface area contributed by atoms with Crippen LogP contribution in [0, 0.1) is 20.8 Å². The summed E-state index contributed by atoms with van der Waals surface area (Å²) in [6.45, 7) is 9.87. The van der Waals surface area contributed by atoms with Gasteiger partial charge in [-0.15, -0.1) is 0 Å². The van der Waals surface area contributed by atoms with E-state index in [0.29, 0.717) is 18.7 Å². The van der Waals surface area contributed by atoms with Gasteiger partial charge in [-0.3, -0.25) is 13.9 Å². The van der Waals surface area contributed by atoms with Crippen LogP contribution in [0.3, 0.4) is 0 Å². The number of carbonyl (C=O) groups is 2. The highest BCUT2D eigenvalue weighted by molar-refractivity contribution is 7.92. The molecule has 0 bridgehead atoms. The molecule has 1 atom stereocenters. The van der Waals surface area contributed by atoms with Crippen LogP contribution in [0.4, 0.5) is 5.69 Å². The number of amides is 2. The zero-order valence-electron chi connectivity index (χ0n) is 21.1. The molecule has 0 radical (unpaired) electrons. The Labute approximate surface area is 204 Å². The van der Waals surface area contributed by atoms with Gasteiger partial charge in [-0.1, -0.05) is 55.8 Å². The molecule has 0 aliphatic rings. The summed E-state index contributed by atoms with van der Waals surface area (Å²) < 4.78 is 26.6. The van der Waals surface area contributed by atoms with E-state index in [1.54, 1.807) is 12.1 Å². The molecule has 0 saturated heterocycles. The van der Waals surface area contributed by atoms with Gasteiger partial charge in [-0.05, 0) is 56.4 Å². The maximum atomic E-state index is 13.7. The third kappa shape index (κ3) is 7.06. The van der Waals surface area contributed by atoms with Crippen LogP contribution in [-0.4, -0.2) is 50.5 Å². The topological polar surface area (TPSA) is 86.8 Å². The van der Waals surface area contributed by atoms with Gasteiger partial charge in [0, 0.05) is 13.1 Å². The predicted molar refractivity (Wildman–Crippen MR) is 137 cm³/mol. The first-order chi connectivity index (χ1) is 16.0. The second kappa shape index (κ2) is 12.0. The Morgan fingerprint density at radius 3 is 2.21 bits per heavy atom. The van der Waals surface area contributed by atoms with Crippen LogP contribution >= 0.6 is 0 Å². The predicted octanol–water partition coefficient (Wildman–Crippen LogP) is 3.71. The molecule has 0 aliphatic heterocycles. The molecule has 0 saturated carbocycles. The average Bonchev–Trinajstić information content (AvgIpc) is 2.78. The largest absolute Gasteiger partial charge is 0.354 e. The first-order valence-electron chi connectivity index (χ1n) is 11.7. The SMILES string of the molecule is CCCNC(=O)[C@@H](CC)N(Cc1ccc(C)cc1)C(=O)CN(c1cccc(C)c1C)S(C)(=O)=O. The van der Waals surface area contributed by atoms with Gasteiger partial charge in [0.2, 0.25) is 21.8 Å². The number of carbonyl (C=O) groups excluding carboxylic acids is 2. The van der Waals surface area contributed by atoms with E-state index in [1.165, 1.54) is 4.90 Å². The number of anilines is 1. The highest BCUT2D eigenvalue weighted by atomic mass is 32.2. The molecule has 0 aromatic heterocycles. The van der Waals surface area contributed by atoms with Gasteiger partial charge in [0.25, 0.3) is 0 Å². The molecule has 186 valence electrons. The van der Waals surface area contributed by atoms with Crippen LogP contribution in [0.2, 0.25) is 0 Å². The molecule has 0 heterocycles. The average molecular weight is 488 g/mol. The van der Waals surface area contributed by atoms with E-state index in [4.69, 9.17) is 0 Å². The molecule has 2 amide bonds. The van der Waals surface area contributed by atoms with E-state index in [1.807, 2.05) is 65.0 Å². The summed E-state index contributed by atoms with van der Waals surface area (Å²) in [6, 6.07) is 12.4. The van der Waals surface area contributed by atoms with E-state index >= 15 is 0 Å². The van der Waals surface area contributed by atoms with Gasteiger partial charge >= 0.3 is 0 Å². The molecule has 0 fully saturated rings. The Balaban J connectivity index is 2.46. The Hall–Kier alpha value is -2.87. The lowest BCUT2D eigenvalue weighted by molar-refractivity contribution is -0.140.